The highest BCUT2D eigenvalue weighted by Gasteiger charge is 2.07. The van der Waals surface area contributed by atoms with Crippen LogP contribution in [-0.4, -0.2) is 12.3 Å². The Morgan fingerprint density at radius 1 is 1.27 bits per heavy atom. The van der Waals surface area contributed by atoms with Crippen molar-refractivity contribution in [2.75, 3.05) is 22.3 Å². The Labute approximate surface area is 95.6 Å². The zero-order valence-electron chi connectivity index (χ0n) is 8.73. The number of hydrogen-bond donors (Lipinski definition) is 1. The van der Waals surface area contributed by atoms with Gasteiger partial charge in [0.15, 0.2) is 0 Å². The molecule has 2 nitrogen and oxygen atoms in total. The highest BCUT2D eigenvalue weighted by atomic mass is 32.2. The summed E-state index contributed by atoms with van der Waals surface area (Å²) in [5, 5.41) is 0. The molecule has 0 aromatic heterocycles. The average molecular weight is 220 g/mol. The van der Waals surface area contributed by atoms with E-state index in [1.54, 1.807) is 11.9 Å². The predicted molar refractivity (Wildman–Crippen MR) is 71.1 cm³/mol. The van der Waals surface area contributed by atoms with Crippen molar-refractivity contribution < 1.29 is 0 Å². The van der Waals surface area contributed by atoms with Gasteiger partial charge < -0.3 is 10.0 Å². The Hall–Kier alpha value is -1.35. The van der Waals surface area contributed by atoms with Crippen molar-refractivity contribution in [3.8, 4) is 0 Å². The van der Waals surface area contributed by atoms with E-state index in [1.165, 1.54) is 0 Å². The molecular formula is C12H16N2S. The molecule has 3 heteroatoms. The number of rotatable bonds is 6. The summed E-state index contributed by atoms with van der Waals surface area (Å²) >= 11 is 1.68. The molecule has 0 spiro atoms. The predicted octanol–water partition coefficient (Wildman–Crippen LogP) is 3.10. The van der Waals surface area contributed by atoms with Crippen molar-refractivity contribution in [1.82, 2.24) is 0 Å². The van der Waals surface area contributed by atoms with E-state index >= 15 is 0 Å². The number of nitrogens with zero attached hydrogens (tertiary/aromatic N) is 1. The van der Waals surface area contributed by atoms with Gasteiger partial charge in [0.1, 0.15) is 0 Å². The maximum Gasteiger partial charge on any atom is 0.0703 e. The van der Waals surface area contributed by atoms with Crippen molar-refractivity contribution in [1.29, 1.82) is 0 Å². The van der Waals surface area contributed by atoms with Crippen LogP contribution in [0.1, 0.15) is 0 Å². The lowest BCUT2D eigenvalue weighted by atomic mass is 10.3. The summed E-state index contributed by atoms with van der Waals surface area (Å²) in [7, 11) is 0. The summed E-state index contributed by atoms with van der Waals surface area (Å²) in [6.45, 7) is 8.22. The first kappa shape index (κ1) is 11.7. The summed E-state index contributed by atoms with van der Waals surface area (Å²) in [4.78, 5) is 0. The van der Waals surface area contributed by atoms with Crippen LogP contribution in [0.3, 0.4) is 0 Å². The van der Waals surface area contributed by atoms with Crippen molar-refractivity contribution in [3.05, 3.63) is 49.6 Å². The van der Waals surface area contributed by atoms with Crippen LogP contribution in [0.5, 0.6) is 0 Å². The Bertz CT molecular complexity index is 336. The smallest absolute Gasteiger partial charge is 0.0703 e. The molecule has 0 unspecified atom stereocenters. The Kier molecular flexibility index (Phi) is 4.84. The van der Waals surface area contributed by atoms with E-state index in [1.807, 2.05) is 36.4 Å². The zero-order chi connectivity index (χ0) is 11.1. The lowest BCUT2D eigenvalue weighted by Crippen LogP contribution is -2.15. The first-order valence-electron chi connectivity index (χ1n) is 4.76. The Morgan fingerprint density at radius 2 is 2.00 bits per heavy atom. The second-order valence-electron chi connectivity index (χ2n) is 2.99. The topological polar surface area (TPSA) is 29.3 Å². The third kappa shape index (κ3) is 3.36. The van der Waals surface area contributed by atoms with Crippen LogP contribution in [0.4, 0.5) is 11.4 Å². The summed E-state index contributed by atoms with van der Waals surface area (Å²) in [5.74, 6) is 0.863. The molecule has 0 saturated heterocycles. The van der Waals surface area contributed by atoms with Gasteiger partial charge in [-0.1, -0.05) is 24.3 Å². The summed E-state index contributed by atoms with van der Waals surface area (Å²) in [6, 6.07) is 7.83. The molecule has 2 N–H and O–H groups in total. The molecule has 0 heterocycles. The van der Waals surface area contributed by atoms with E-state index in [-0.39, 0.29) is 0 Å². The van der Waals surface area contributed by atoms with E-state index in [9.17, 15) is 0 Å². The van der Waals surface area contributed by atoms with Gasteiger partial charge in [0.25, 0.3) is 0 Å². The summed E-state index contributed by atoms with van der Waals surface area (Å²) in [5.41, 5.74) is 7.73. The maximum atomic E-state index is 5.91. The van der Waals surface area contributed by atoms with Crippen LogP contribution in [0.2, 0.25) is 0 Å². The van der Waals surface area contributed by atoms with Gasteiger partial charge in [-0.3, -0.25) is 0 Å². The Balaban J connectivity index is 2.82. The van der Waals surface area contributed by atoms with Crippen LogP contribution in [-0.2, 0) is 0 Å². The minimum absolute atomic E-state index is 0.771. The highest BCUT2D eigenvalue weighted by Crippen LogP contribution is 2.28. The number of hydrogen-bond acceptors (Lipinski definition) is 3. The molecule has 0 aliphatic carbocycles. The SMILES string of the molecule is C=CCSN(CC=C)c1ccccc1N. The van der Waals surface area contributed by atoms with E-state index < -0.39 is 0 Å². The molecule has 0 radical (unpaired) electrons. The van der Waals surface area contributed by atoms with E-state index in [4.69, 9.17) is 5.73 Å². The van der Waals surface area contributed by atoms with Crippen LogP contribution in [0.25, 0.3) is 0 Å². The van der Waals surface area contributed by atoms with Crippen molar-refractivity contribution in [2.24, 2.45) is 0 Å². The largest absolute Gasteiger partial charge is 0.397 e. The molecule has 0 aliphatic heterocycles. The molecule has 1 aromatic rings. The van der Waals surface area contributed by atoms with Crippen molar-refractivity contribution >= 4 is 23.3 Å². The molecule has 0 atom stereocenters. The number of para-hydroxylation sites is 2. The van der Waals surface area contributed by atoms with Crippen LogP contribution >= 0.6 is 11.9 Å². The second kappa shape index (κ2) is 6.19. The van der Waals surface area contributed by atoms with Gasteiger partial charge in [-0.05, 0) is 24.1 Å². The van der Waals surface area contributed by atoms with Gasteiger partial charge in [-0.2, -0.15) is 0 Å². The van der Waals surface area contributed by atoms with Gasteiger partial charge in [0, 0.05) is 12.3 Å². The van der Waals surface area contributed by atoms with E-state index in [0.717, 1.165) is 23.7 Å². The molecule has 80 valence electrons. The van der Waals surface area contributed by atoms with Gasteiger partial charge >= 0.3 is 0 Å². The molecule has 0 saturated carbocycles. The Morgan fingerprint density at radius 3 is 2.60 bits per heavy atom. The monoisotopic (exact) mass is 220 g/mol. The number of nitrogen functional groups attached to an aromatic ring is 1. The highest BCUT2D eigenvalue weighted by molar-refractivity contribution is 8.00. The van der Waals surface area contributed by atoms with E-state index in [2.05, 4.69) is 17.5 Å². The first-order valence-corrected chi connectivity index (χ1v) is 5.70. The number of benzene rings is 1. The normalized spacial score (nSPS) is 9.60. The summed E-state index contributed by atoms with van der Waals surface area (Å²) < 4.78 is 2.12. The molecule has 1 aromatic carbocycles. The van der Waals surface area contributed by atoms with Gasteiger partial charge in [-0.25, -0.2) is 0 Å². The molecule has 0 fully saturated rings. The molecule has 0 amide bonds. The molecule has 0 bridgehead atoms. The minimum Gasteiger partial charge on any atom is -0.397 e. The first-order chi connectivity index (χ1) is 7.29. The van der Waals surface area contributed by atoms with Gasteiger partial charge in [0.05, 0.1) is 11.4 Å². The third-order valence-electron chi connectivity index (χ3n) is 1.85. The van der Waals surface area contributed by atoms with Crippen LogP contribution < -0.4 is 10.0 Å². The standard InChI is InChI=1S/C12H16N2S/c1-3-9-14(15-10-4-2)12-8-6-5-7-11(12)13/h3-8H,1-2,9-10,13H2. The van der Waals surface area contributed by atoms with Crippen LogP contribution in [0, 0.1) is 0 Å². The van der Waals surface area contributed by atoms with Gasteiger partial charge in [0.2, 0.25) is 0 Å². The summed E-state index contributed by atoms with van der Waals surface area (Å²) in [6.07, 6.45) is 3.74. The van der Waals surface area contributed by atoms with Crippen LogP contribution in [0.15, 0.2) is 49.6 Å². The fraction of sp³-hybridized carbons (Fsp3) is 0.167. The molecule has 0 aliphatic rings. The fourth-order valence-corrected chi connectivity index (χ4v) is 2.00. The lowest BCUT2D eigenvalue weighted by molar-refractivity contribution is 1.21. The number of anilines is 2. The maximum absolute atomic E-state index is 5.91. The fourth-order valence-electron chi connectivity index (χ4n) is 1.20. The lowest BCUT2D eigenvalue weighted by Gasteiger charge is -2.22. The average Bonchev–Trinajstić information content (AvgIpc) is 2.25. The van der Waals surface area contributed by atoms with Crippen molar-refractivity contribution in [2.45, 2.75) is 0 Å². The third-order valence-corrected chi connectivity index (χ3v) is 2.89. The molecular weight excluding hydrogens is 204 g/mol. The number of nitrogens with two attached hydrogens (primary N) is 1. The zero-order valence-corrected chi connectivity index (χ0v) is 9.54. The minimum atomic E-state index is 0.771. The molecule has 1 rings (SSSR count). The quantitative estimate of drug-likeness (QED) is 0.454. The van der Waals surface area contributed by atoms with Crippen molar-refractivity contribution in [3.63, 3.8) is 0 Å². The van der Waals surface area contributed by atoms with E-state index in [0.29, 0.717) is 0 Å². The molecule has 15 heavy (non-hydrogen) atoms. The van der Waals surface area contributed by atoms with Gasteiger partial charge in [-0.15, -0.1) is 13.2 Å². The second-order valence-corrected chi connectivity index (χ2v) is 4.03.